The molecule has 0 aromatic carbocycles. The second kappa shape index (κ2) is 5.99. The van der Waals surface area contributed by atoms with Gasteiger partial charge in [0.05, 0.1) is 11.1 Å². The van der Waals surface area contributed by atoms with Crippen molar-refractivity contribution < 1.29 is 0 Å². The van der Waals surface area contributed by atoms with E-state index in [-0.39, 0.29) is 0 Å². The maximum absolute atomic E-state index is 4.66. The summed E-state index contributed by atoms with van der Waals surface area (Å²) in [6, 6.07) is 0. The lowest BCUT2D eigenvalue weighted by Gasteiger charge is -2.44. The molecule has 0 aliphatic heterocycles. The zero-order chi connectivity index (χ0) is 15.9. The molecule has 2 aromatic heterocycles. The van der Waals surface area contributed by atoms with E-state index >= 15 is 0 Å². The van der Waals surface area contributed by atoms with Gasteiger partial charge in [0.2, 0.25) is 0 Å². The molecule has 5 heteroatoms. The maximum Gasteiger partial charge on any atom is 0.171 e. The summed E-state index contributed by atoms with van der Waals surface area (Å²) >= 11 is 2.44. The molecular weight excluding hydrogens is 389 g/mol. The van der Waals surface area contributed by atoms with Crippen LogP contribution in [-0.2, 0) is 0 Å². The highest BCUT2D eigenvalue weighted by atomic mass is 127. The maximum atomic E-state index is 4.66. The van der Waals surface area contributed by atoms with Gasteiger partial charge in [-0.25, -0.2) is 9.97 Å². The molecule has 0 radical (unpaired) electrons. The zero-order valence-electron chi connectivity index (χ0n) is 14.1. The molecule has 2 heterocycles. The summed E-state index contributed by atoms with van der Waals surface area (Å²) in [7, 11) is -1.75. The highest BCUT2D eigenvalue weighted by molar-refractivity contribution is 14.1. The van der Waals surface area contributed by atoms with E-state index in [9.17, 15) is 0 Å². The van der Waals surface area contributed by atoms with Gasteiger partial charge >= 0.3 is 0 Å². The normalized spacial score (nSPS) is 13.1. The van der Waals surface area contributed by atoms with Crippen LogP contribution in [0.2, 0.25) is 16.6 Å². The highest BCUT2D eigenvalue weighted by Gasteiger charge is 2.46. The summed E-state index contributed by atoms with van der Waals surface area (Å²) in [6.45, 7) is 16.4. The van der Waals surface area contributed by atoms with Gasteiger partial charge in [-0.05, 0) is 46.1 Å². The van der Waals surface area contributed by atoms with Crippen LogP contribution < -0.4 is 0 Å². The number of fused-ring (bicyclic) bond motifs is 1. The molecule has 2 rings (SSSR count). The summed E-state index contributed by atoms with van der Waals surface area (Å²) in [5.74, 6) is 0. The number of halogens is 1. The molecule has 0 saturated carbocycles. The molecule has 0 saturated heterocycles. The number of hydrogen-bond donors (Lipinski definition) is 0. The predicted molar refractivity (Wildman–Crippen MR) is 101 cm³/mol. The van der Waals surface area contributed by atoms with Crippen LogP contribution in [0.5, 0.6) is 0 Å². The van der Waals surface area contributed by atoms with Crippen LogP contribution >= 0.6 is 22.6 Å². The predicted octanol–water partition coefficient (Wildman–Crippen LogP) is 5.37. The lowest BCUT2D eigenvalue weighted by molar-refractivity contribution is 0.770. The van der Waals surface area contributed by atoms with Crippen LogP contribution in [0.4, 0.5) is 0 Å². The number of hydrogen-bond acceptors (Lipinski definition) is 2. The average molecular weight is 415 g/mol. The molecule has 0 unspecified atom stereocenters. The van der Waals surface area contributed by atoms with Gasteiger partial charge in [-0.1, -0.05) is 41.5 Å². The summed E-state index contributed by atoms with van der Waals surface area (Å²) < 4.78 is 3.85. The smallest absolute Gasteiger partial charge is 0.171 e. The minimum atomic E-state index is -1.75. The SMILES string of the molecule is Cc1ncnc2c1c(I)cn2[Si](C(C)C)(C(C)C)C(C)C. The molecule has 2 aromatic rings. The minimum absolute atomic E-state index is 0.666. The van der Waals surface area contributed by atoms with Crippen molar-refractivity contribution in [3.05, 3.63) is 21.8 Å². The first-order chi connectivity index (χ1) is 9.74. The Morgan fingerprint density at radius 3 is 2.00 bits per heavy atom. The van der Waals surface area contributed by atoms with E-state index in [1.165, 1.54) is 8.96 Å². The van der Waals surface area contributed by atoms with Gasteiger partial charge < -0.3 is 4.23 Å². The molecule has 0 atom stereocenters. The molecule has 0 amide bonds. The van der Waals surface area contributed by atoms with E-state index in [0.717, 1.165) is 11.3 Å². The van der Waals surface area contributed by atoms with E-state index < -0.39 is 8.24 Å². The van der Waals surface area contributed by atoms with Crippen LogP contribution in [0.25, 0.3) is 11.0 Å². The fourth-order valence-electron chi connectivity index (χ4n) is 4.29. The van der Waals surface area contributed by atoms with Gasteiger partial charge in [0, 0.05) is 9.77 Å². The summed E-state index contributed by atoms with van der Waals surface area (Å²) in [4.78, 5) is 9.04. The monoisotopic (exact) mass is 415 g/mol. The van der Waals surface area contributed by atoms with E-state index in [4.69, 9.17) is 0 Å². The Kier molecular flexibility index (Phi) is 4.83. The number of rotatable bonds is 4. The van der Waals surface area contributed by atoms with E-state index in [2.05, 4.69) is 91.5 Å². The first-order valence-electron chi connectivity index (χ1n) is 7.73. The first kappa shape index (κ1) is 16.9. The van der Waals surface area contributed by atoms with Crippen molar-refractivity contribution in [1.29, 1.82) is 0 Å². The fraction of sp³-hybridized carbons (Fsp3) is 0.625. The Labute approximate surface area is 142 Å². The molecule has 0 N–H and O–H groups in total. The van der Waals surface area contributed by atoms with Crippen LogP contribution in [0, 0.1) is 10.5 Å². The molecule has 21 heavy (non-hydrogen) atoms. The third-order valence-corrected chi connectivity index (χ3v) is 12.5. The highest BCUT2D eigenvalue weighted by Crippen LogP contribution is 2.44. The first-order valence-corrected chi connectivity index (χ1v) is 11.0. The van der Waals surface area contributed by atoms with Gasteiger partial charge in [0.25, 0.3) is 0 Å². The molecule has 0 aliphatic carbocycles. The largest absolute Gasteiger partial charge is 0.357 e. The molecule has 0 fully saturated rings. The Bertz CT molecular complexity index is 624. The second-order valence-corrected chi connectivity index (χ2v) is 13.7. The van der Waals surface area contributed by atoms with Gasteiger partial charge in [-0.2, -0.15) is 0 Å². The third kappa shape index (κ3) is 2.46. The van der Waals surface area contributed by atoms with Gasteiger partial charge in [0.1, 0.15) is 12.0 Å². The lowest BCUT2D eigenvalue weighted by atomic mass is 10.3. The summed E-state index contributed by atoms with van der Waals surface area (Å²) in [5, 5.41) is 1.23. The van der Waals surface area contributed by atoms with Crippen LogP contribution in [0.1, 0.15) is 47.2 Å². The van der Waals surface area contributed by atoms with Crippen molar-refractivity contribution in [2.75, 3.05) is 0 Å². The van der Waals surface area contributed by atoms with Crippen molar-refractivity contribution in [2.24, 2.45) is 0 Å². The quantitative estimate of drug-likeness (QED) is 0.497. The van der Waals surface area contributed by atoms with Crippen molar-refractivity contribution in [3.8, 4) is 0 Å². The van der Waals surface area contributed by atoms with Crippen LogP contribution in [-0.4, -0.2) is 22.4 Å². The molecular formula is C16H26IN3Si. The van der Waals surface area contributed by atoms with Gasteiger partial charge in [-0.3, -0.25) is 0 Å². The molecule has 0 bridgehead atoms. The Morgan fingerprint density at radius 1 is 1.00 bits per heavy atom. The second-order valence-electron chi connectivity index (χ2n) is 6.86. The van der Waals surface area contributed by atoms with E-state index in [0.29, 0.717) is 16.6 Å². The third-order valence-electron chi connectivity index (χ3n) is 4.92. The zero-order valence-corrected chi connectivity index (χ0v) is 17.3. The lowest BCUT2D eigenvalue weighted by Crippen LogP contribution is -2.51. The summed E-state index contributed by atoms with van der Waals surface area (Å²) in [5.41, 5.74) is 4.22. The molecule has 0 aliphatic rings. The number of aromatic nitrogens is 3. The number of aryl methyl sites for hydroxylation is 1. The fourth-order valence-corrected chi connectivity index (χ4v) is 12.0. The average Bonchev–Trinajstić information content (AvgIpc) is 2.68. The van der Waals surface area contributed by atoms with Crippen LogP contribution in [0.3, 0.4) is 0 Å². The Hall–Kier alpha value is -0.433. The Balaban J connectivity index is 2.87. The Morgan fingerprint density at radius 2 is 1.52 bits per heavy atom. The molecule has 3 nitrogen and oxygen atoms in total. The standard InChI is InChI=1S/C16H26IN3Si/c1-10(2)21(11(3)4,12(5)6)20-8-14(17)15-13(7)18-9-19-16(15)20/h8-12H,1-7H3. The van der Waals surface area contributed by atoms with Crippen molar-refractivity contribution in [2.45, 2.75) is 65.1 Å². The van der Waals surface area contributed by atoms with E-state index in [1.54, 1.807) is 6.33 Å². The van der Waals surface area contributed by atoms with Crippen molar-refractivity contribution in [3.63, 3.8) is 0 Å². The molecule has 0 spiro atoms. The van der Waals surface area contributed by atoms with Crippen LogP contribution in [0.15, 0.2) is 12.5 Å². The number of nitrogens with zero attached hydrogens (tertiary/aromatic N) is 3. The topological polar surface area (TPSA) is 30.7 Å². The van der Waals surface area contributed by atoms with E-state index in [1.807, 2.05) is 0 Å². The van der Waals surface area contributed by atoms with Crippen molar-refractivity contribution >= 4 is 41.9 Å². The minimum Gasteiger partial charge on any atom is -0.357 e. The summed E-state index contributed by atoms with van der Waals surface area (Å²) in [6.07, 6.45) is 4.05. The van der Waals surface area contributed by atoms with Gasteiger partial charge in [-0.15, -0.1) is 0 Å². The van der Waals surface area contributed by atoms with Gasteiger partial charge in [0.15, 0.2) is 8.24 Å². The molecule has 116 valence electrons. The van der Waals surface area contributed by atoms with Crippen molar-refractivity contribution in [1.82, 2.24) is 14.2 Å².